The minimum Gasteiger partial charge on any atom is -0.455 e. The zero-order valence-corrected chi connectivity index (χ0v) is 16.3. The fourth-order valence-electron chi connectivity index (χ4n) is 2.33. The molecule has 148 valence electrons. The quantitative estimate of drug-likeness (QED) is 0.449. The van der Waals surface area contributed by atoms with E-state index < -0.39 is 17.6 Å². The van der Waals surface area contributed by atoms with Crippen molar-refractivity contribution in [3.8, 4) is 11.3 Å². The van der Waals surface area contributed by atoms with Crippen molar-refractivity contribution in [1.29, 1.82) is 0 Å². The minimum absolute atomic E-state index is 0.117. The molecule has 0 unspecified atom stereocenters. The van der Waals surface area contributed by atoms with Gasteiger partial charge in [0.15, 0.2) is 0 Å². The van der Waals surface area contributed by atoms with Crippen LogP contribution >= 0.6 is 23.2 Å². The molecule has 0 saturated carbocycles. The van der Waals surface area contributed by atoms with Crippen LogP contribution in [0.5, 0.6) is 0 Å². The summed E-state index contributed by atoms with van der Waals surface area (Å²) >= 11 is 11.9. The number of furan rings is 1. The van der Waals surface area contributed by atoms with Gasteiger partial charge >= 0.3 is 0 Å². The summed E-state index contributed by atoms with van der Waals surface area (Å²) in [5.41, 5.74) is 3.11. The summed E-state index contributed by atoms with van der Waals surface area (Å²) in [5, 5.41) is 6.99. The first kappa shape index (κ1) is 20.6. The van der Waals surface area contributed by atoms with E-state index in [1.54, 1.807) is 30.3 Å². The highest BCUT2D eigenvalue weighted by Gasteiger charge is 2.09. The Morgan fingerprint density at radius 3 is 2.66 bits per heavy atom. The van der Waals surface area contributed by atoms with Gasteiger partial charge in [-0.3, -0.25) is 9.59 Å². The largest absolute Gasteiger partial charge is 0.455 e. The molecule has 1 heterocycles. The topological polar surface area (TPSA) is 83.7 Å². The molecule has 0 fully saturated rings. The van der Waals surface area contributed by atoms with Crippen LogP contribution in [0.15, 0.2) is 64.1 Å². The number of nitrogens with zero attached hydrogens (tertiary/aromatic N) is 1. The average molecular weight is 434 g/mol. The fourth-order valence-corrected chi connectivity index (χ4v) is 2.62. The third-order valence-corrected chi connectivity index (χ3v) is 4.45. The molecule has 2 N–H and O–H groups in total. The molecule has 0 aliphatic heterocycles. The molecule has 0 spiro atoms. The van der Waals surface area contributed by atoms with Crippen molar-refractivity contribution >= 4 is 41.2 Å². The van der Waals surface area contributed by atoms with Crippen molar-refractivity contribution in [1.82, 2.24) is 10.7 Å². The van der Waals surface area contributed by atoms with Crippen molar-refractivity contribution in [3.05, 3.63) is 81.8 Å². The number of rotatable bonds is 6. The van der Waals surface area contributed by atoms with E-state index in [1.807, 2.05) is 0 Å². The number of amides is 2. The van der Waals surface area contributed by atoms with Gasteiger partial charge in [0, 0.05) is 11.1 Å². The molecule has 0 bridgehead atoms. The van der Waals surface area contributed by atoms with Crippen molar-refractivity contribution in [2.75, 3.05) is 6.54 Å². The zero-order chi connectivity index (χ0) is 20.8. The lowest BCUT2D eigenvalue weighted by Crippen LogP contribution is -2.34. The molecule has 3 aromatic rings. The molecule has 9 heteroatoms. The lowest BCUT2D eigenvalue weighted by atomic mass is 10.2. The first-order chi connectivity index (χ1) is 13.9. The summed E-state index contributed by atoms with van der Waals surface area (Å²) in [5.74, 6) is -0.706. The van der Waals surface area contributed by atoms with Crippen molar-refractivity contribution in [2.24, 2.45) is 5.10 Å². The lowest BCUT2D eigenvalue weighted by molar-refractivity contribution is -0.120. The Hall–Kier alpha value is -3.16. The first-order valence-electron chi connectivity index (χ1n) is 8.33. The van der Waals surface area contributed by atoms with Gasteiger partial charge in [-0.05, 0) is 48.5 Å². The molecule has 0 saturated heterocycles. The number of halogens is 3. The Morgan fingerprint density at radius 2 is 1.90 bits per heavy atom. The van der Waals surface area contributed by atoms with Crippen LogP contribution in [0.25, 0.3) is 11.3 Å². The van der Waals surface area contributed by atoms with Crippen LogP contribution in [0, 0.1) is 5.82 Å². The van der Waals surface area contributed by atoms with Crippen molar-refractivity contribution in [2.45, 2.75) is 0 Å². The van der Waals surface area contributed by atoms with E-state index in [4.69, 9.17) is 27.6 Å². The molecule has 0 atom stereocenters. The van der Waals surface area contributed by atoms with Gasteiger partial charge in [0.1, 0.15) is 17.3 Å². The van der Waals surface area contributed by atoms with Crippen LogP contribution in [-0.4, -0.2) is 24.6 Å². The first-order valence-corrected chi connectivity index (χ1v) is 9.09. The Morgan fingerprint density at radius 1 is 1.07 bits per heavy atom. The maximum atomic E-state index is 13.1. The highest BCUT2D eigenvalue weighted by molar-refractivity contribution is 6.42. The molecule has 0 aliphatic carbocycles. The normalized spacial score (nSPS) is 10.9. The Bertz CT molecular complexity index is 1080. The van der Waals surface area contributed by atoms with Gasteiger partial charge in [-0.1, -0.05) is 29.3 Å². The van der Waals surface area contributed by atoms with Crippen LogP contribution in [0.2, 0.25) is 10.0 Å². The summed E-state index contributed by atoms with van der Waals surface area (Å²) in [4.78, 5) is 23.6. The van der Waals surface area contributed by atoms with E-state index in [9.17, 15) is 14.0 Å². The van der Waals surface area contributed by atoms with E-state index >= 15 is 0 Å². The SMILES string of the molecule is O=C(CNC(=O)c1cccc(F)c1)N/N=C\c1ccc(-c2ccc(Cl)c(Cl)c2)o1. The van der Waals surface area contributed by atoms with E-state index in [0.29, 0.717) is 21.6 Å². The summed E-state index contributed by atoms with van der Waals surface area (Å²) < 4.78 is 18.7. The third kappa shape index (κ3) is 5.66. The van der Waals surface area contributed by atoms with E-state index in [2.05, 4.69) is 15.8 Å². The number of hydrogen-bond donors (Lipinski definition) is 2. The molecule has 0 aliphatic rings. The molecule has 1 aromatic heterocycles. The molecule has 2 amide bonds. The van der Waals surface area contributed by atoms with Crippen molar-refractivity contribution in [3.63, 3.8) is 0 Å². The number of carbonyl (C=O) groups is 2. The molecule has 6 nitrogen and oxygen atoms in total. The second-order valence-corrected chi connectivity index (χ2v) is 6.63. The molecule has 3 rings (SSSR count). The van der Waals surface area contributed by atoms with Gasteiger partial charge < -0.3 is 9.73 Å². The van der Waals surface area contributed by atoms with E-state index in [1.165, 1.54) is 24.4 Å². The molecular formula is C20H14Cl2FN3O3. The third-order valence-electron chi connectivity index (χ3n) is 3.71. The second kappa shape index (κ2) is 9.36. The maximum Gasteiger partial charge on any atom is 0.259 e. The van der Waals surface area contributed by atoms with Crippen LogP contribution in [0.1, 0.15) is 16.1 Å². The van der Waals surface area contributed by atoms with E-state index in [0.717, 1.165) is 11.6 Å². The average Bonchev–Trinajstić information content (AvgIpc) is 3.17. The summed E-state index contributed by atoms with van der Waals surface area (Å²) in [7, 11) is 0. The summed E-state index contributed by atoms with van der Waals surface area (Å²) in [6.07, 6.45) is 1.31. The summed E-state index contributed by atoms with van der Waals surface area (Å²) in [6, 6.07) is 13.6. The van der Waals surface area contributed by atoms with Gasteiger partial charge in [0.05, 0.1) is 22.8 Å². The maximum absolute atomic E-state index is 13.1. The molecule has 29 heavy (non-hydrogen) atoms. The zero-order valence-electron chi connectivity index (χ0n) is 14.8. The number of hydrazone groups is 1. The van der Waals surface area contributed by atoms with Gasteiger partial charge in [0.2, 0.25) is 0 Å². The minimum atomic E-state index is -0.569. The highest BCUT2D eigenvalue weighted by Crippen LogP contribution is 2.29. The van der Waals surface area contributed by atoms with Gasteiger partial charge in [0.25, 0.3) is 11.8 Å². The van der Waals surface area contributed by atoms with Crippen molar-refractivity contribution < 1.29 is 18.4 Å². The Kier molecular flexibility index (Phi) is 6.64. The van der Waals surface area contributed by atoms with Crippen LogP contribution < -0.4 is 10.7 Å². The fraction of sp³-hybridized carbons (Fsp3) is 0.0500. The molecule has 2 aromatic carbocycles. The monoisotopic (exact) mass is 433 g/mol. The van der Waals surface area contributed by atoms with Crippen LogP contribution in [0.3, 0.4) is 0 Å². The number of carbonyl (C=O) groups excluding carboxylic acids is 2. The predicted molar refractivity (Wildman–Crippen MR) is 109 cm³/mol. The predicted octanol–water partition coefficient (Wildman–Crippen LogP) is 4.27. The van der Waals surface area contributed by atoms with E-state index in [-0.39, 0.29) is 12.1 Å². The number of nitrogens with one attached hydrogen (secondary N) is 2. The Labute approximate surface area is 175 Å². The number of hydrogen-bond acceptors (Lipinski definition) is 4. The van der Waals surface area contributed by atoms with Crippen LogP contribution in [0.4, 0.5) is 4.39 Å². The molecular weight excluding hydrogens is 420 g/mol. The Balaban J connectivity index is 1.51. The second-order valence-electron chi connectivity index (χ2n) is 5.82. The van der Waals surface area contributed by atoms with Gasteiger partial charge in [-0.15, -0.1) is 0 Å². The molecule has 0 radical (unpaired) electrons. The standard InChI is InChI=1S/C20H14Cl2FN3O3/c21-16-6-4-12(9-17(16)22)18-7-5-15(29-18)10-25-26-19(27)11-24-20(28)13-2-1-3-14(23)8-13/h1-10H,11H2,(H,24,28)(H,26,27)/b25-10-. The summed E-state index contributed by atoms with van der Waals surface area (Å²) in [6.45, 7) is -0.320. The highest BCUT2D eigenvalue weighted by atomic mass is 35.5. The van der Waals surface area contributed by atoms with Crippen LogP contribution in [-0.2, 0) is 4.79 Å². The van der Waals surface area contributed by atoms with Gasteiger partial charge in [-0.25, -0.2) is 9.82 Å². The number of benzene rings is 2. The smallest absolute Gasteiger partial charge is 0.259 e. The van der Waals surface area contributed by atoms with Gasteiger partial charge in [-0.2, -0.15) is 5.10 Å². The lowest BCUT2D eigenvalue weighted by Gasteiger charge is -2.04.